The van der Waals surface area contributed by atoms with E-state index in [1.54, 1.807) is 6.92 Å². The Bertz CT molecular complexity index is 632. The second-order valence-electron chi connectivity index (χ2n) is 4.73. The number of hydrogen-bond acceptors (Lipinski definition) is 5. The van der Waals surface area contributed by atoms with Crippen molar-refractivity contribution in [1.82, 2.24) is 10.1 Å². The van der Waals surface area contributed by atoms with Crippen molar-refractivity contribution in [3.63, 3.8) is 0 Å². The molecule has 0 saturated heterocycles. The predicted octanol–water partition coefficient (Wildman–Crippen LogP) is 3.09. The van der Waals surface area contributed by atoms with Crippen LogP contribution >= 0.6 is 15.9 Å². The number of carbonyl (C=O) groups is 1. The lowest BCUT2D eigenvalue weighted by Crippen LogP contribution is -2.23. The number of hydrogen-bond donors (Lipinski definition) is 0. The van der Waals surface area contributed by atoms with Gasteiger partial charge < -0.3 is 9.26 Å². The van der Waals surface area contributed by atoms with Crippen molar-refractivity contribution < 1.29 is 14.1 Å². The van der Waals surface area contributed by atoms with Gasteiger partial charge in [0.05, 0.1) is 6.61 Å². The highest BCUT2D eigenvalue weighted by molar-refractivity contribution is 9.10. The molecule has 1 aliphatic carbocycles. The van der Waals surface area contributed by atoms with Gasteiger partial charge in [0.25, 0.3) is 0 Å². The second-order valence-corrected chi connectivity index (χ2v) is 5.65. The summed E-state index contributed by atoms with van der Waals surface area (Å²) in [6, 6.07) is 7.60. The van der Waals surface area contributed by atoms with Crippen LogP contribution in [-0.4, -0.2) is 22.7 Å². The first-order chi connectivity index (χ1) is 9.65. The summed E-state index contributed by atoms with van der Waals surface area (Å²) < 4.78 is 11.3. The van der Waals surface area contributed by atoms with Gasteiger partial charge in [-0.1, -0.05) is 21.1 Å². The third-order valence-electron chi connectivity index (χ3n) is 3.35. The lowest BCUT2D eigenvalue weighted by molar-refractivity contribution is -0.146. The highest BCUT2D eigenvalue weighted by Crippen LogP contribution is 2.48. The number of aromatic nitrogens is 2. The molecule has 0 spiro atoms. The smallest absolute Gasteiger partial charge is 0.321 e. The van der Waals surface area contributed by atoms with Crippen LogP contribution in [0, 0.1) is 0 Å². The molecule has 1 aromatic heterocycles. The second kappa shape index (κ2) is 5.01. The molecule has 0 radical (unpaired) electrons. The van der Waals surface area contributed by atoms with E-state index in [0.717, 1.165) is 10.0 Å². The van der Waals surface area contributed by atoms with E-state index in [1.165, 1.54) is 0 Å². The summed E-state index contributed by atoms with van der Waals surface area (Å²) in [7, 11) is 0. The van der Waals surface area contributed by atoms with Crippen molar-refractivity contribution in [3.05, 3.63) is 34.6 Å². The van der Waals surface area contributed by atoms with Crippen molar-refractivity contribution in [2.75, 3.05) is 6.61 Å². The fourth-order valence-electron chi connectivity index (χ4n) is 2.03. The van der Waals surface area contributed by atoms with Gasteiger partial charge in [0.15, 0.2) is 0 Å². The van der Waals surface area contributed by atoms with Crippen LogP contribution in [0.1, 0.15) is 25.7 Å². The van der Waals surface area contributed by atoms with Crippen LogP contribution in [0.15, 0.2) is 33.3 Å². The van der Waals surface area contributed by atoms with E-state index in [1.807, 2.05) is 24.3 Å². The molecule has 104 valence electrons. The van der Waals surface area contributed by atoms with Gasteiger partial charge in [0.1, 0.15) is 5.41 Å². The number of carbonyl (C=O) groups excluding carboxylic acids is 1. The zero-order valence-electron chi connectivity index (χ0n) is 10.9. The Morgan fingerprint density at radius 2 is 2.10 bits per heavy atom. The van der Waals surface area contributed by atoms with Crippen LogP contribution in [-0.2, 0) is 14.9 Å². The molecule has 1 aromatic carbocycles. The van der Waals surface area contributed by atoms with Crippen molar-refractivity contribution in [2.24, 2.45) is 0 Å². The molecular weight excluding hydrogens is 324 g/mol. The van der Waals surface area contributed by atoms with Gasteiger partial charge in [-0.05, 0) is 44.0 Å². The van der Waals surface area contributed by atoms with Crippen molar-refractivity contribution in [2.45, 2.75) is 25.2 Å². The van der Waals surface area contributed by atoms with Gasteiger partial charge in [-0.15, -0.1) is 0 Å². The van der Waals surface area contributed by atoms with Crippen molar-refractivity contribution >= 4 is 21.9 Å². The van der Waals surface area contributed by atoms with Gasteiger partial charge in [-0.25, -0.2) is 0 Å². The summed E-state index contributed by atoms with van der Waals surface area (Å²) in [5, 5.41) is 3.96. The van der Waals surface area contributed by atoms with Gasteiger partial charge in [-0.2, -0.15) is 4.98 Å². The highest BCUT2D eigenvalue weighted by atomic mass is 79.9. The number of nitrogens with zero attached hydrogens (tertiary/aromatic N) is 2. The van der Waals surface area contributed by atoms with E-state index in [-0.39, 0.29) is 5.97 Å². The first-order valence-corrected chi connectivity index (χ1v) is 7.22. The van der Waals surface area contributed by atoms with E-state index >= 15 is 0 Å². The maximum Gasteiger partial charge on any atom is 0.321 e. The van der Waals surface area contributed by atoms with Crippen LogP contribution in [0.25, 0.3) is 11.4 Å². The SMILES string of the molecule is CCOC(=O)C1(c2nc(-c3ccc(Br)cc3)no2)CC1. The summed E-state index contributed by atoms with van der Waals surface area (Å²) in [5.41, 5.74) is 0.138. The first-order valence-electron chi connectivity index (χ1n) is 6.43. The monoisotopic (exact) mass is 336 g/mol. The van der Waals surface area contributed by atoms with E-state index in [2.05, 4.69) is 26.1 Å². The van der Waals surface area contributed by atoms with Crippen molar-refractivity contribution in [3.8, 4) is 11.4 Å². The zero-order valence-corrected chi connectivity index (χ0v) is 12.5. The van der Waals surface area contributed by atoms with E-state index in [9.17, 15) is 4.79 Å². The van der Waals surface area contributed by atoms with Gasteiger partial charge >= 0.3 is 5.97 Å². The lowest BCUT2D eigenvalue weighted by atomic mass is 10.1. The molecule has 6 heteroatoms. The lowest BCUT2D eigenvalue weighted by Gasteiger charge is -2.07. The number of rotatable bonds is 4. The molecule has 0 unspecified atom stereocenters. The molecule has 1 heterocycles. The molecule has 2 aromatic rings. The predicted molar refractivity (Wildman–Crippen MR) is 75.0 cm³/mol. The molecule has 1 saturated carbocycles. The molecule has 0 N–H and O–H groups in total. The molecule has 0 amide bonds. The Morgan fingerprint density at radius 3 is 2.70 bits per heavy atom. The third-order valence-corrected chi connectivity index (χ3v) is 3.88. The molecule has 0 aliphatic heterocycles. The number of esters is 1. The number of halogens is 1. The third kappa shape index (κ3) is 2.24. The quantitative estimate of drug-likeness (QED) is 0.802. The molecule has 0 bridgehead atoms. The molecule has 20 heavy (non-hydrogen) atoms. The van der Waals surface area contributed by atoms with E-state index in [0.29, 0.717) is 31.2 Å². The first kappa shape index (κ1) is 13.3. The van der Waals surface area contributed by atoms with Gasteiger partial charge in [-0.3, -0.25) is 4.79 Å². The summed E-state index contributed by atoms with van der Waals surface area (Å²) >= 11 is 3.38. The molecule has 0 atom stereocenters. The maximum absolute atomic E-state index is 12.0. The molecule has 3 rings (SSSR count). The van der Waals surface area contributed by atoms with Crippen LogP contribution in [0.5, 0.6) is 0 Å². The zero-order chi connectivity index (χ0) is 14.2. The average Bonchev–Trinajstić information content (AvgIpc) is 3.12. The molecule has 5 nitrogen and oxygen atoms in total. The van der Waals surface area contributed by atoms with E-state index in [4.69, 9.17) is 9.26 Å². The minimum Gasteiger partial charge on any atom is -0.465 e. The minimum absolute atomic E-state index is 0.272. The summed E-state index contributed by atoms with van der Waals surface area (Å²) in [4.78, 5) is 16.3. The average molecular weight is 337 g/mol. The summed E-state index contributed by atoms with van der Waals surface area (Å²) in [6.07, 6.45) is 1.40. The Labute approximate surface area is 124 Å². The Morgan fingerprint density at radius 1 is 1.40 bits per heavy atom. The molecular formula is C14H13BrN2O3. The van der Waals surface area contributed by atoms with Gasteiger partial charge in [0, 0.05) is 10.0 Å². The van der Waals surface area contributed by atoms with Crippen LogP contribution < -0.4 is 0 Å². The highest BCUT2D eigenvalue weighted by Gasteiger charge is 2.57. The van der Waals surface area contributed by atoms with Crippen LogP contribution in [0.2, 0.25) is 0 Å². The molecule has 1 fully saturated rings. The Balaban J connectivity index is 1.87. The Kier molecular flexibility index (Phi) is 3.33. The van der Waals surface area contributed by atoms with Gasteiger partial charge in [0.2, 0.25) is 11.7 Å². The fraction of sp³-hybridized carbons (Fsp3) is 0.357. The maximum atomic E-state index is 12.0. The standard InChI is InChI=1S/C14H13BrN2O3/c1-2-19-13(18)14(7-8-14)12-16-11(17-20-12)9-3-5-10(15)6-4-9/h3-6H,2,7-8H2,1H3. The summed E-state index contributed by atoms with van der Waals surface area (Å²) in [6.45, 7) is 2.14. The van der Waals surface area contributed by atoms with Crippen molar-refractivity contribution in [1.29, 1.82) is 0 Å². The van der Waals surface area contributed by atoms with E-state index < -0.39 is 5.41 Å². The normalized spacial score (nSPS) is 15.9. The Hall–Kier alpha value is -1.69. The fourth-order valence-corrected chi connectivity index (χ4v) is 2.30. The topological polar surface area (TPSA) is 65.2 Å². The summed E-state index contributed by atoms with van der Waals surface area (Å²) in [5.74, 6) is 0.572. The molecule has 1 aliphatic rings. The minimum atomic E-state index is -0.712. The number of ether oxygens (including phenoxy) is 1. The van der Waals surface area contributed by atoms with Crippen LogP contribution in [0.3, 0.4) is 0 Å². The largest absolute Gasteiger partial charge is 0.465 e. The number of benzene rings is 1. The van der Waals surface area contributed by atoms with Crippen LogP contribution in [0.4, 0.5) is 0 Å².